The number of hydrogen-bond acceptors (Lipinski definition) is 3. The summed E-state index contributed by atoms with van der Waals surface area (Å²) in [6.45, 7) is 7.11. The Bertz CT molecular complexity index is 564. The molecule has 1 aromatic carbocycles. The maximum Gasteiger partial charge on any atom is 0.487 e. The summed E-state index contributed by atoms with van der Waals surface area (Å²) in [5.41, 5.74) is 2.25. The first kappa shape index (κ1) is 11.3. The first-order valence-corrected chi connectivity index (χ1v) is 5.00. The predicted octanol–water partition coefficient (Wildman–Crippen LogP) is 0.979. The van der Waals surface area contributed by atoms with E-state index in [0.29, 0.717) is 11.2 Å². The van der Waals surface area contributed by atoms with Crippen LogP contribution in [0.25, 0.3) is 16.0 Å². The van der Waals surface area contributed by atoms with Gasteiger partial charge in [0.15, 0.2) is 5.69 Å². The van der Waals surface area contributed by atoms with E-state index in [1.807, 2.05) is 6.07 Å². The highest BCUT2D eigenvalue weighted by molar-refractivity contribution is 6.58. The average Bonchev–Trinajstić information content (AvgIpc) is 2.39. The fourth-order valence-electron chi connectivity index (χ4n) is 1.57. The quantitative estimate of drug-likeness (QED) is 0.590. The van der Waals surface area contributed by atoms with Crippen LogP contribution in [0.4, 0.5) is 5.69 Å². The van der Waals surface area contributed by atoms with Crippen molar-refractivity contribution in [2.24, 2.45) is 0 Å². The van der Waals surface area contributed by atoms with Crippen LogP contribution in [0.15, 0.2) is 42.7 Å². The molecule has 17 heavy (non-hydrogen) atoms. The van der Waals surface area contributed by atoms with Crippen molar-refractivity contribution in [3.63, 3.8) is 0 Å². The minimum atomic E-state index is -1.56. The average molecular weight is 224 g/mol. The third-order valence-corrected chi connectivity index (χ3v) is 2.41. The van der Waals surface area contributed by atoms with Gasteiger partial charge in [-0.25, -0.2) is 4.85 Å². The van der Waals surface area contributed by atoms with Crippen LogP contribution in [-0.4, -0.2) is 22.2 Å². The molecule has 82 valence electrons. The smallest absolute Gasteiger partial charge is 0.423 e. The highest BCUT2D eigenvalue weighted by Crippen LogP contribution is 2.28. The van der Waals surface area contributed by atoms with Gasteiger partial charge in [-0.3, -0.25) is 4.98 Å². The number of rotatable bonds is 2. The Hall–Kier alpha value is -2.16. The summed E-state index contributed by atoms with van der Waals surface area (Å²) in [5.74, 6) is 0. The van der Waals surface area contributed by atoms with Crippen molar-refractivity contribution >= 4 is 18.3 Å². The lowest BCUT2D eigenvalue weighted by atomic mass is 9.79. The predicted molar refractivity (Wildman–Crippen MR) is 65.8 cm³/mol. The molecule has 5 heteroatoms. The molecule has 0 aliphatic heterocycles. The van der Waals surface area contributed by atoms with Gasteiger partial charge in [0, 0.05) is 12.4 Å². The van der Waals surface area contributed by atoms with Crippen molar-refractivity contribution in [3.8, 4) is 11.1 Å². The molecule has 0 saturated carbocycles. The van der Waals surface area contributed by atoms with E-state index in [0.717, 1.165) is 11.1 Å². The Kier molecular flexibility index (Phi) is 3.19. The zero-order valence-electron chi connectivity index (χ0n) is 8.91. The van der Waals surface area contributed by atoms with Gasteiger partial charge in [0.25, 0.3) is 0 Å². The number of hydrogen-bond donors (Lipinski definition) is 2. The van der Waals surface area contributed by atoms with Crippen LogP contribution >= 0.6 is 0 Å². The van der Waals surface area contributed by atoms with Crippen LogP contribution in [-0.2, 0) is 0 Å². The first-order valence-electron chi connectivity index (χ1n) is 5.00. The second-order valence-corrected chi connectivity index (χ2v) is 3.50. The second-order valence-electron chi connectivity index (χ2n) is 3.50. The molecule has 0 aliphatic carbocycles. The topological polar surface area (TPSA) is 57.7 Å². The lowest BCUT2D eigenvalue weighted by Gasteiger charge is -2.06. The summed E-state index contributed by atoms with van der Waals surface area (Å²) < 4.78 is 0. The molecule has 0 saturated heterocycles. The standard InChI is InChI=1S/C12H9BN2O2/c1-14-12-7-10(13(16)17)4-5-11(12)9-3-2-6-15-8-9/h2-8,16-17H. The normalized spacial score (nSPS) is 9.71. The van der Waals surface area contributed by atoms with E-state index in [1.165, 1.54) is 6.07 Å². The number of aromatic nitrogens is 1. The third-order valence-electron chi connectivity index (χ3n) is 2.41. The molecule has 0 radical (unpaired) electrons. The number of nitrogens with zero attached hydrogens (tertiary/aromatic N) is 2. The van der Waals surface area contributed by atoms with Gasteiger partial charge in [-0.2, -0.15) is 0 Å². The van der Waals surface area contributed by atoms with Gasteiger partial charge in [0.2, 0.25) is 0 Å². The highest BCUT2D eigenvalue weighted by Gasteiger charge is 2.13. The molecule has 0 fully saturated rings. The summed E-state index contributed by atoms with van der Waals surface area (Å²) >= 11 is 0. The Balaban J connectivity index is 2.54. The molecule has 0 aliphatic rings. The van der Waals surface area contributed by atoms with Crippen LogP contribution in [0.2, 0.25) is 0 Å². The largest absolute Gasteiger partial charge is 0.487 e. The Morgan fingerprint density at radius 1 is 1.24 bits per heavy atom. The monoisotopic (exact) mass is 224 g/mol. The van der Waals surface area contributed by atoms with Gasteiger partial charge >= 0.3 is 7.12 Å². The number of benzene rings is 1. The van der Waals surface area contributed by atoms with E-state index >= 15 is 0 Å². The van der Waals surface area contributed by atoms with E-state index in [1.54, 1.807) is 30.6 Å². The zero-order chi connectivity index (χ0) is 12.3. The van der Waals surface area contributed by atoms with Crippen molar-refractivity contribution in [3.05, 3.63) is 54.1 Å². The minimum absolute atomic E-state index is 0.309. The van der Waals surface area contributed by atoms with E-state index in [2.05, 4.69) is 9.83 Å². The van der Waals surface area contributed by atoms with Crippen molar-refractivity contribution in [1.29, 1.82) is 0 Å². The maximum absolute atomic E-state index is 9.05. The second kappa shape index (κ2) is 4.79. The molecular weight excluding hydrogens is 215 g/mol. The molecule has 2 aromatic rings. The van der Waals surface area contributed by atoms with Gasteiger partial charge in [0.1, 0.15) is 0 Å². The molecule has 0 spiro atoms. The molecule has 1 heterocycles. The van der Waals surface area contributed by atoms with Crippen LogP contribution in [0.5, 0.6) is 0 Å². The van der Waals surface area contributed by atoms with Gasteiger partial charge < -0.3 is 10.0 Å². The van der Waals surface area contributed by atoms with Crippen LogP contribution < -0.4 is 5.46 Å². The lowest BCUT2D eigenvalue weighted by Crippen LogP contribution is -2.29. The molecule has 0 unspecified atom stereocenters. The molecule has 4 nitrogen and oxygen atoms in total. The zero-order valence-corrected chi connectivity index (χ0v) is 8.91. The summed E-state index contributed by atoms with van der Waals surface area (Å²) in [7, 11) is -1.56. The van der Waals surface area contributed by atoms with Crippen LogP contribution in [0.1, 0.15) is 0 Å². The molecule has 0 atom stereocenters. The lowest BCUT2D eigenvalue weighted by molar-refractivity contribution is 0.426. The SMILES string of the molecule is [C-]#[N+]c1cc(B(O)O)ccc1-c1cccnc1. The molecule has 0 bridgehead atoms. The van der Waals surface area contributed by atoms with Gasteiger partial charge in [-0.05, 0) is 22.7 Å². The fraction of sp³-hybridized carbons (Fsp3) is 0. The van der Waals surface area contributed by atoms with Crippen molar-refractivity contribution < 1.29 is 10.0 Å². The third kappa shape index (κ3) is 2.33. The van der Waals surface area contributed by atoms with Gasteiger partial charge in [-0.1, -0.05) is 24.3 Å². The van der Waals surface area contributed by atoms with E-state index in [9.17, 15) is 0 Å². The first-order chi connectivity index (χ1) is 8.22. The highest BCUT2D eigenvalue weighted by atomic mass is 16.4. The van der Waals surface area contributed by atoms with Gasteiger partial charge in [0.05, 0.1) is 6.57 Å². The molecule has 0 amide bonds. The van der Waals surface area contributed by atoms with Crippen LogP contribution in [0, 0.1) is 6.57 Å². The van der Waals surface area contributed by atoms with Crippen molar-refractivity contribution in [2.45, 2.75) is 0 Å². The van der Waals surface area contributed by atoms with E-state index in [-0.39, 0.29) is 0 Å². The van der Waals surface area contributed by atoms with Crippen molar-refractivity contribution in [1.82, 2.24) is 4.98 Å². The fourth-order valence-corrected chi connectivity index (χ4v) is 1.57. The van der Waals surface area contributed by atoms with Crippen LogP contribution in [0.3, 0.4) is 0 Å². The Morgan fingerprint density at radius 3 is 2.65 bits per heavy atom. The Morgan fingerprint density at radius 2 is 2.06 bits per heavy atom. The maximum atomic E-state index is 9.05. The molecule has 2 N–H and O–H groups in total. The molecule has 1 aromatic heterocycles. The van der Waals surface area contributed by atoms with Gasteiger partial charge in [-0.15, -0.1) is 0 Å². The van der Waals surface area contributed by atoms with Crippen molar-refractivity contribution in [2.75, 3.05) is 0 Å². The summed E-state index contributed by atoms with van der Waals surface area (Å²) in [4.78, 5) is 7.38. The molecular formula is C12H9BN2O2. The number of pyridine rings is 1. The summed E-state index contributed by atoms with van der Waals surface area (Å²) in [6, 6.07) is 8.39. The van der Waals surface area contributed by atoms with E-state index in [4.69, 9.17) is 16.6 Å². The Labute approximate surface area is 99.2 Å². The molecule has 2 rings (SSSR count). The summed E-state index contributed by atoms with van der Waals surface area (Å²) in [6.07, 6.45) is 3.33. The summed E-state index contributed by atoms with van der Waals surface area (Å²) in [5, 5.41) is 18.1. The van der Waals surface area contributed by atoms with E-state index < -0.39 is 7.12 Å². The minimum Gasteiger partial charge on any atom is -0.423 e.